The van der Waals surface area contributed by atoms with Crippen LogP contribution >= 0.6 is 11.6 Å². The third-order valence-corrected chi connectivity index (χ3v) is 5.56. The van der Waals surface area contributed by atoms with Gasteiger partial charge in [-0.2, -0.15) is 0 Å². The fraction of sp³-hybridized carbons (Fsp3) is 0.409. The maximum atomic E-state index is 13.8. The predicted molar refractivity (Wildman–Crippen MR) is 113 cm³/mol. The average molecular weight is 467 g/mol. The molecule has 0 unspecified atom stereocenters. The standard InChI is InChI=1S/C21H22ClFN2O4.CH2O2/c1-27-19-3-2-13(4-18(19)23)5-21(26)25-10-14-6-17(29-20(14)11-25)12-28-16-7-15(22)8-24-9-16;2-1-3/h2-4,7-9,14,17,20H,5-6,10-12H2,1H3;1H,(H,2,3)/t14-,17-,20+;/m0./s1. The number of rotatable bonds is 6. The second kappa shape index (κ2) is 11.1. The molecule has 1 aromatic carbocycles. The molecule has 0 spiro atoms. The molecule has 3 heterocycles. The molecule has 2 saturated heterocycles. The zero-order valence-electron chi connectivity index (χ0n) is 17.4. The first kappa shape index (κ1) is 23.7. The number of amides is 1. The Bertz CT molecular complexity index is 932. The lowest BCUT2D eigenvalue weighted by Crippen LogP contribution is -2.33. The molecule has 1 amide bonds. The Morgan fingerprint density at radius 2 is 2.16 bits per heavy atom. The molecule has 0 aliphatic carbocycles. The fourth-order valence-electron chi connectivity index (χ4n) is 3.94. The van der Waals surface area contributed by atoms with E-state index in [-0.39, 0.29) is 42.7 Å². The molecule has 32 heavy (non-hydrogen) atoms. The van der Waals surface area contributed by atoms with Crippen molar-refractivity contribution < 1.29 is 33.3 Å². The van der Waals surface area contributed by atoms with Crippen molar-refractivity contribution in [2.45, 2.75) is 25.0 Å². The highest BCUT2D eigenvalue weighted by Gasteiger charge is 2.43. The van der Waals surface area contributed by atoms with Crippen molar-refractivity contribution in [1.82, 2.24) is 9.88 Å². The number of nitrogens with zero attached hydrogens (tertiary/aromatic N) is 2. The molecule has 10 heteroatoms. The van der Waals surface area contributed by atoms with E-state index >= 15 is 0 Å². The number of carbonyl (C=O) groups is 2. The van der Waals surface area contributed by atoms with Crippen LogP contribution in [0.15, 0.2) is 36.7 Å². The molecule has 2 fully saturated rings. The third kappa shape index (κ3) is 6.08. The van der Waals surface area contributed by atoms with Gasteiger partial charge in [-0.1, -0.05) is 17.7 Å². The Kier molecular flexibility index (Phi) is 8.24. The maximum Gasteiger partial charge on any atom is 0.290 e. The van der Waals surface area contributed by atoms with E-state index in [9.17, 15) is 9.18 Å². The van der Waals surface area contributed by atoms with Crippen LogP contribution in [0.25, 0.3) is 0 Å². The summed E-state index contributed by atoms with van der Waals surface area (Å²) in [5.41, 5.74) is 0.632. The van der Waals surface area contributed by atoms with Crippen molar-refractivity contribution in [3.8, 4) is 11.5 Å². The van der Waals surface area contributed by atoms with Gasteiger partial charge < -0.3 is 24.2 Å². The van der Waals surface area contributed by atoms with Crippen molar-refractivity contribution in [1.29, 1.82) is 0 Å². The van der Waals surface area contributed by atoms with Crippen molar-refractivity contribution >= 4 is 24.0 Å². The van der Waals surface area contributed by atoms with E-state index in [1.54, 1.807) is 35.5 Å². The summed E-state index contributed by atoms with van der Waals surface area (Å²) in [6, 6.07) is 6.32. The van der Waals surface area contributed by atoms with Crippen LogP contribution in [-0.2, 0) is 20.7 Å². The van der Waals surface area contributed by atoms with E-state index in [2.05, 4.69) is 4.98 Å². The van der Waals surface area contributed by atoms with E-state index < -0.39 is 5.82 Å². The van der Waals surface area contributed by atoms with Gasteiger partial charge in [0.25, 0.3) is 6.47 Å². The number of fused-ring (bicyclic) bond motifs is 1. The number of benzene rings is 1. The highest BCUT2D eigenvalue weighted by molar-refractivity contribution is 6.30. The van der Waals surface area contributed by atoms with Gasteiger partial charge in [0.2, 0.25) is 5.91 Å². The zero-order valence-corrected chi connectivity index (χ0v) is 18.2. The molecular formula is C22H24ClFN2O6. The van der Waals surface area contributed by atoms with E-state index in [1.807, 2.05) is 0 Å². The smallest absolute Gasteiger partial charge is 0.290 e. The number of likely N-dealkylation sites (tertiary alicyclic amines) is 1. The van der Waals surface area contributed by atoms with Gasteiger partial charge in [-0.15, -0.1) is 0 Å². The Hall–Kier alpha value is -2.91. The van der Waals surface area contributed by atoms with Crippen LogP contribution in [0.3, 0.4) is 0 Å². The largest absolute Gasteiger partial charge is 0.494 e. The Balaban J connectivity index is 0.000000913. The lowest BCUT2D eigenvalue weighted by Gasteiger charge is -2.20. The number of carboxylic acid groups (broad SMARTS) is 1. The molecule has 1 aromatic heterocycles. The van der Waals surface area contributed by atoms with Crippen LogP contribution in [0.5, 0.6) is 11.5 Å². The number of carbonyl (C=O) groups excluding carboxylic acids is 1. The topological polar surface area (TPSA) is 98.2 Å². The van der Waals surface area contributed by atoms with Gasteiger partial charge in [-0.3, -0.25) is 14.6 Å². The van der Waals surface area contributed by atoms with Crippen LogP contribution in [0.1, 0.15) is 12.0 Å². The highest BCUT2D eigenvalue weighted by atomic mass is 35.5. The normalized spacial score (nSPS) is 21.3. The Morgan fingerprint density at radius 3 is 2.81 bits per heavy atom. The van der Waals surface area contributed by atoms with Gasteiger partial charge in [-0.25, -0.2) is 4.39 Å². The molecule has 0 bridgehead atoms. The number of ether oxygens (including phenoxy) is 3. The van der Waals surface area contributed by atoms with Gasteiger partial charge in [0.1, 0.15) is 12.4 Å². The Labute approximate surface area is 189 Å². The molecule has 2 aliphatic heterocycles. The van der Waals surface area contributed by atoms with E-state index in [0.717, 1.165) is 6.42 Å². The molecule has 3 atom stereocenters. The number of hydrogen-bond donors (Lipinski definition) is 1. The van der Waals surface area contributed by atoms with E-state index in [1.165, 1.54) is 13.2 Å². The minimum Gasteiger partial charge on any atom is -0.494 e. The van der Waals surface area contributed by atoms with Crippen LogP contribution < -0.4 is 9.47 Å². The molecule has 8 nitrogen and oxygen atoms in total. The number of hydrogen-bond acceptors (Lipinski definition) is 6. The summed E-state index contributed by atoms with van der Waals surface area (Å²) in [5.74, 6) is 0.592. The number of pyridine rings is 1. The first-order valence-corrected chi connectivity index (χ1v) is 10.4. The molecule has 1 N–H and O–H groups in total. The second-order valence-electron chi connectivity index (χ2n) is 7.49. The van der Waals surface area contributed by atoms with Crippen LogP contribution in [-0.4, -0.2) is 66.4 Å². The summed E-state index contributed by atoms with van der Waals surface area (Å²) in [6.45, 7) is 1.38. The predicted octanol–water partition coefficient (Wildman–Crippen LogP) is 2.82. The minimum absolute atomic E-state index is 0.0117. The van der Waals surface area contributed by atoms with E-state index in [0.29, 0.717) is 36.0 Å². The lowest BCUT2D eigenvalue weighted by molar-refractivity contribution is -0.130. The molecule has 2 aliphatic rings. The van der Waals surface area contributed by atoms with Crippen LogP contribution in [0.4, 0.5) is 4.39 Å². The summed E-state index contributed by atoms with van der Waals surface area (Å²) in [6.07, 6.45) is 4.16. The van der Waals surface area contributed by atoms with Crippen LogP contribution in [0.2, 0.25) is 5.02 Å². The molecular weight excluding hydrogens is 443 g/mol. The average Bonchev–Trinajstić information content (AvgIpc) is 3.32. The van der Waals surface area contributed by atoms with Crippen molar-refractivity contribution in [2.75, 3.05) is 26.8 Å². The number of methoxy groups -OCH3 is 1. The van der Waals surface area contributed by atoms with Gasteiger partial charge in [-0.05, 0) is 24.1 Å². The third-order valence-electron chi connectivity index (χ3n) is 5.35. The lowest BCUT2D eigenvalue weighted by atomic mass is 10.0. The summed E-state index contributed by atoms with van der Waals surface area (Å²) < 4.78 is 30.5. The highest BCUT2D eigenvalue weighted by Crippen LogP contribution is 2.33. The maximum absolute atomic E-state index is 13.8. The molecule has 2 aromatic rings. The Morgan fingerprint density at radius 1 is 1.38 bits per heavy atom. The molecule has 0 radical (unpaired) electrons. The first-order chi connectivity index (χ1) is 15.4. The van der Waals surface area contributed by atoms with Crippen molar-refractivity contribution in [3.05, 3.63) is 53.1 Å². The van der Waals surface area contributed by atoms with E-state index in [4.69, 9.17) is 35.7 Å². The van der Waals surface area contributed by atoms with Gasteiger partial charge in [0.05, 0.1) is 37.0 Å². The summed E-state index contributed by atoms with van der Waals surface area (Å²) >= 11 is 5.91. The van der Waals surface area contributed by atoms with Crippen molar-refractivity contribution in [2.24, 2.45) is 5.92 Å². The summed E-state index contributed by atoms with van der Waals surface area (Å²) in [5, 5.41) is 7.41. The monoisotopic (exact) mass is 466 g/mol. The minimum atomic E-state index is -0.461. The number of aromatic nitrogens is 1. The van der Waals surface area contributed by atoms with Gasteiger partial charge in [0.15, 0.2) is 11.6 Å². The first-order valence-electron chi connectivity index (χ1n) is 10.00. The molecule has 172 valence electrons. The summed E-state index contributed by atoms with van der Waals surface area (Å²) in [7, 11) is 1.41. The van der Waals surface area contributed by atoms with Gasteiger partial charge in [0, 0.05) is 31.3 Å². The SMILES string of the molecule is COc1ccc(CC(=O)N2C[C@@H]3C[C@@H](COc4cncc(Cl)c4)O[C@@H]3C2)cc1F.O=CO. The van der Waals surface area contributed by atoms with Crippen LogP contribution in [0, 0.1) is 11.7 Å². The fourth-order valence-corrected chi connectivity index (χ4v) is 4.10. The quantitative estimate of drug-likeness (QED) is 0.653. The zero-order chi connectivity index (χ0) is 23.1. The number of halogens is 2. The molecule has 0 saturated carbocycles. The van der Waals surface area contributed by atoms with Crippen molar-refractivity contribution in [3.63, 3.8) is 0 Å². The molecule has 4 rings (SSSR count). The van der Waals surface area contributed by atoms with Gasteiger partial charge >= 0.3 is 0 Å². The second-order valence-corrected chi connectivity index (χ2v) is 7.93. The summed E-state index contributed by atoms with van der Waals surface area (Å²) in [4.78, 5) is 26.8.